The monoisotopic (exact) mass is 393 g/mol. The van der Waals surface area contributed by atoms with Crippen LogP contribution in [0.5, 0.6) is 0 Å². The molecular formula is C22H24FN5O. The van der Waals surface area contributed by atoms with E-state index in [9.17, 15) is 9.18 Å². The zero-order valence-electron chi connectivity index (χ0n) is 16.4. The molecule has 0 saturated carbocycles. The Kier molecular flexibility index (Phi) is 5.55. The van der Waals surface area contributed by atoms with Crippen LogP contribution >= 0.6 is 0 Å². The number of carbonyl (C=O) groups is 1. The van der Waals surface area contributed by atoms with Crippen molar-refractivity contribution in [3.8, 4) is 0 Å². The van der Waals surface area contributed by atoms with E-state index in [2.05, 4.69) is 20.5 Å². The minimum absolute atomic E-state index is 0.113. The van der Waals surface area contributed by atoms with Gasteiger partial charge in [0.05, 0.1) is 12.2 Å². The van der Waals surface area contributed by atoms with Crippen LogP contribution in [0.25, 0.3) is 0 Å². The molecule has 1 unspecified atom stereocenters. The number of rotatable bonds is 6. The van der Waals surface area contributed by atoms with Gasteiger partial charge in [-0.3, -0.25) is 9.89 Å². The van der Waals surface area contributed by atoms with Gasteiger partial charge in [0.2, 0.25) is 0 Å². The zero-order chi connectivity index (χ0) is 20.2. The van der Waals surface area contributed by atoms with Gasteiger partial charge in [-0.25, -0.2) is 9.37 Å². The topological polar surface area (TPSA) is 73.9 Å². The van der Waals surface area contributed by atoms with Crippen molar-refractivity contribution in [2.75, 3.05) is 18.4 Å². The van der Waals surface area contributed by atoms with Crippen molar-refractivity contribution in [3.63, 3.8) is 0 Å². The number of aryl methyl sites for hydroxylation is 1. The molecule has 1 aliphatic heterocycles. The summed E-state index contributed by atoms with van der Waals surface area (Å²) in [6, 6.07) is 10.1. The third-order valence-corrected chi connectivity index (χ3v) is 5.21. The zero-order valence-corrected chi connectivity index (χ0v) is 16.4. The molecule has 0 bridgehead atoms. The first kappa shape index (κ1) is 19.1. The molecule has 0 spiro atoms. The minimum atomic E-state index is -0.278. The summed E-state index contributed by atoms with van der Waals surface area (Å²) >= 11 is 0. The fourth-order valence-corrected chi connectivity index (χ4v) is 3.83. The summed E-state index contributed by atoms with van der Waals surface area (Å²) in [5, 5.41) is 10.0. The van der Waals surface area contributed by atoms with Crippen LogP contribution in [0.4, 0.5) is 10.2 Å². The molecule has 1 fully saturated rings. The number of anilines is 1. The van der Waals surface area contributed by atoms with Gasteiger partial charge in [-0.05, 0) is 67.1 Å². The first-order valence-electron chi connectivity index (χ1n) is 9.87. The lowest BCUT2D eigenvalue weighted by molar-refractivity contribution is 0.0729. The summed E-state index contributed by atoms with van der Waals surface area (Å²) in [4.78, 5) is 19.6. The molecule has 7 heteroatoms. The predicted octanol–water partition coefficient (Wildman–Crippen LogP) is 3.88. The summed E-state index contributed by atoms with van der Waals surface area (Å²) in [5.74, 6) is 0.288. The van der Waals surface area contributed by atoms with E-state index in [1.165, 1.54) is 12.1 Å². The van der Waals surface area contributed by atoms with Crippen molar-refractivity contribution in [2.45, 2.75) is 32.2 Å². The van der Waals surface area contributed by atoms with Gasteiger partial charge in [0, 0.05) is 19.3 Å². The van der Waals surface area contributed by atoms with E-state index in [1.54, 1.807) is 12.3 Å². The quantitative estimate of drug-likeness (QED) is 0.666. The SMILES string of the molecule is Cc1cc(NCCc2cn[nH]c2)nc(C(=O)N2CCCC2c2cccc(F)c2)c1. The van der Waals surface area contributed by atoms with E-state index in [0.29, 0.717) is 24.6 Å². The molecule has 6 nitrogen and oxygen atoms in total. The van der Waals surface area contributed by atoms with Crippen LogP contribution in [-0.4, -0.2) is 39.1 Å². The van der Waals surface area contributed by atoms with Gasteiger partial charge >= 0.3 is 0 Å². The van der Waals surface area contributed by atoms with Gasteiger partial charge < -0.3 is 10.2 Å². The normalized spacial score (nSPS) is 16.2. The first-order chi connectivity index (χ1) is 14.1. The lowest BCUT2D eigenvalue weighted by Gasteiger charge is -2.25. The molecule has 3 aromatic rings. The van der Waals surface area contributed by atoms with E-state index in [-0.39, 0.29) is 17.8 Å². The number of aromatic amines is 1. The number of hydrogen-bond acceptors (Lipinski definition) is 4. The highest BCUT2D eigenvalue weighted by Gasteiger charge is 2.31. The third kappa shape index (κ3) is 4.45. The molecule has 29 heavy (non-hydrogen) atoms. The van der Waals surface area contributed by atoms with Crippen molar-refractivity contribution in [1.82, 2.24) is 20.1 Å². The number of nitrogens with zero attached hydrogens (tertiary/aromatic N) is 3. The number of likely N-dealkylation sites (tertiary alicyclic amines) is 1. The van der Waals surface area contributed by atoms with Crippen LogP contribution in [0.3, 0.4) is 0 Å². The molecule has 1 atom stereocenters. The molecule has 0 radical (unpaired) electrons. The Morgan fingerprint density at radius 2 is 2.24 bits per heavy atom. The summed E-state index contributed by atoms with van der Waals surface area (Å²) in [5.41, 5.74) is 3.33. The molecule has 1 aromatic carbocycles. The van der Waals surface area contributed by atoms with Crippen LogP contribution in [0, 0.1) is 12.7 Å². The largest absolute Gasteiger partial charge is 0.370 e. The molecule has 1 amide bonds. The number of amides is 1. The molecule has 150 valence electrons. The maximum absolute atomic E-state index is 13.7. The van der Waals surface area contributed by atoms with Crippen molar-refractivity contribution in [3.05, 3.63) is 77.0 Å². The lowest BCUT2D eigenvalue weighted by Crippen LogP contribution is -2.31. The van der Waals surface area contributed by atoms with Gasteiger partial charge in [0.1, 0.15) is 17.3 Å². The van der Waals surface area contributed by atoms with E-state index in [4.69, 9.17) is 0 Å². The molecule has 2 N–H and O–H groups in total. The number of H-pyrrole nitrogens is 1. The average Bonchev–Trinajstić information content (AvgIpc) is 3.39. The molecule has 3 heterocycles. The standard InChI is InChI=1S/C22H24FN5O/c1-15-10-19(27-21(11-15)24-8-7-16-13-25-26-14-16)22(29)28-9-3-6-20(28)17-4-2-5-18(23)12-17/h2,4-5,10-14,20H,3,6-9H2,1H3,(H,24,27)(H,25,26). The van der Waals surface area contributed by atoms with Crippen LogP contribution in [0.15, 0.2) is 48.8 Å². The second-order valence-corrected chi connectivity index (χ2v) is 7.41. The number of benzene rings is 1. The van der Waals surface area contributed by atoms with Crippen LogP contribution in [0.2, 0.25) is 0 Å². The summed E-state index contributed by atoms with van der Waals surface area (Å²) < 4.78 is 13.7. The minimum Gasteiger partial charge on any atom is -0.370 e. The Morgan fingerprint density at radius 3 is 3.03 bits per heavy atom. The highest BCUT2D eigenvalue weighted by atomic mass is 19.1. The van der Waals surface area contributed by atoms with Gasteiger partial charge in [0.25, 0.3) is 5.91 Å². The summed E-state index contributed by atoms with van der Waals surface area (Å²) in [7, 11) is 0. The number of halogens is 1. The van der Waals surface area contributed by atoms with Crippen molar-refractivity contribution in [2.24, 2.45) is 0 Å². The van der Waals surface area contributed by atoms with Crippen molar-refractivity contribution in [1.29, 1.82) is 0 Å². The molecule has 2 aromatic heterocycles. The van der Waals surface area contributed by atoms with Gasteiger partial charge in [0.15, 0.2) is 0 Å². The molecule has 1 aliphatic rings. The van der Waals surface area contributed by atoms with Crippen LogP contribution in [-0.2, 0) is 6.42 Å². The first-order valence-corrected chi connectivity index (χ1v) is 9.87. The van der Waals surface area contributed by atoms with E-state index in [1.807, 2.05) is 36.2 Å². The summed E-state index contributed by atoms with van der Waals surface area (Å²) in [6.45, 7) is 3.30. The Balaban J connectivity index is 1.49. The lowest BCUT2D eigenvalue weighted by atomic mass is 10.0. The Labute approximate surface area is 169 Å². The highest BCUT2D eigenvalue weighted by Crippen LogP contribution is 2.33. The van der Waals surface area contributed by atoms with Crippen LogP contribution < -0.4 is 5.32 Å². The van der Waals surface area contributed by atoms with Crippen molar-refractivity contribution >= 4 is 11.7 Å². The smallest absolute Gasteiger partial charge is 0.273 e. The number of hydrogen-bond donors (Lipinski definition) is 2. The Bertz CT molecular complexity index is 989. The maximum atomic E-state index is 13.7. The van der Waals surface area contributed by atoms with E-state index in [0.717, 1.165) is 36.0 Å². The van der Waals surface area contributed by atoms with Crippen LogP contribution in [0.1, 0.15) is 46.1 Å². The van der Waals surface area contributed by atoms with Crippen molar-refractivity contribution < 1.29 is 9.18 Å². The van der Waals surface area contributed by atoms with Gasteiger partial charge in [-0.1, -0.05) is 12.1 Å². The van der Waals surface area contributed by atoms with Gasteiger partial charge in [-0.15, -0.1) is 0 Å². The predicted molar refractivity (Wildman–Crippen MR) is 109 cm³/mol. The molecule has 1 saturated heterocycles. The number of nitrogens with one attached hydrogen (secondary N) is 2. The third-order valence-electron chi connectivity index (χ3n) is 5.21. The van der Waals surface area contributed by atoms with Gasteiger partial charge in [-0.2, -0.15) is 5.10 Å². The molecule has 0 aliphatic carbocycles. The Hall–Kier alpha value is -3.22. The number of carbonyl (C=O) groups excluding carboxylic acids is 1. The fraction of sp³-hybridized carbons (Fsp3) is 0.318. The maximum Gasteiger partial charge on any atom is 0.273 e. The fourth-order valence-electron chi connectivity index (χ4n) is 3.83. The highest BCUT2D eigenvalue weighted by molar-refractivity contribution is 5.93. The second kappa shape index (κ2) is 8.43. The van der Waals surface area contributed by atoms with E-state index < -0.39 is 0 Å². The average molecular weight is 393 g/mol. The molecule has 4 rings (SSSR count). The number of pyridine rings is 1. The Morgan fingerprint density at radius 1 is 1.34 bits per heavy atom. The molecular weight excluding hydrogens is 369 g/mol. The second-order valence-electron chi connectivity index (χ2n) is 7.41. The summed E-state index contributed by atoms with van der Waals surface area (Å²) in [6.07, 6.45) is 6.19. The number of aromatic nitrogens is 3. The van der Waals surface area contributed by atoms with E-state index >= 15 is 0 Å².